The molecule has 0 aliphatic carbocycles. The summed E-state index contributed by atoms with van der Waals surface area (Å²) in [5, 5.41) is 11.3. The highest BCUT2D eigenvalue weighted by Gasteiger charge is 2.03. The van der Waals surface area contributed by atoms with E-state index < -0.39 is 5.97 Å². The van der Waals surface area contributed by atoms with Crippen LogP contribution in [0.25, 0.3) is 0 Å². The molecule has 0 saturated heterocycles. The Morgan fingerprint density at radius 2 is 1.36 bits per heavy atom. The number of carboxylic acid groups (broad SMARTS) is 1. The minimum atomic E-state index is -0.851. The first kappa shape index (κ1) is 24.1. The number of nitrogens with one attached hydrogen (secondary N) is 1. The minimum Gasteiger partial charge on any atom is -0.481 e. The van der Waals surface area contributed by atoms with Crippen LogP contribution in [-0.4, -0.2) is 41.6 Å². The number of hydrogen-bond acceptors (Lipinski definition) is 5. The number of aliphatic carboxylic acids is 1. The Hall–Kier alpha value is -0.110. The molecular formula is C14H29ClN2O3S2. The predicted molar refractivity (Wildman–Crippen MR) is 98.8 cm³/mol. The third-order valence-electron chi connectivity index (χ3n) is 2.91. The van der Waals surface area contributed by atoms with Crippen molar-refractivity contribution in [1.82, 2.24) is 5.32 Å². The first-order chi connectivity index (χ1) is 10.2. The van der Waals surface area contributed by atoms with Crippen molar-refractivity contribution < 1.29 is 14.7 Å². The number of halogens is 1. The van der Waals surface area contributed by atoms with Crippen LogP contribution in [0.3, 0.4) is 0 Å². The summed E-state index contributed by atoms with van der Waals surface area (Å²) in [7, 11) is 2.48. The lowest BCUT2D eigenvalue weighted by atomic mass is 10.1. The van der Waals surface area contributed by atoms with Gasteiger partial charge in [-0.2, -0.15) is 0 Å². The molecule has 0 aromatic rings. The van der Waals surface area contributed by atoms with Gasteiger partial charge in [0.15, 0.2) is 0 Å². The Morgan fingerprint density at radius 1 is 0.864 bits per heavy atom. The number of carboxylic acids is 1. The maximum Gasteiger partial charge on any atom is 0.314 e. The topological polar surface area (TPSA) is 92.4 Å². The second-order valence-corrected chi connectivity index (χ2v) is 7.35. The molecule has 8 heteroatoms. The van der Waals surface area contributed by atoms with E-state index in [4.69, 9.17) is 10.8 Å². The number of nitrogens with two attached hydrogens (primary N) is 1. The van der Waals surface area contributed by atoms with Gasteiger partial charge >= 0.3 is 5.97 Å². The van der Waals surface area contributed by atoms with Crippen LogP contribution in [0.4, 0.5) is 0 Å². The summed E-state index contributed by atoms with van der Waals surface area (Å²) in [4.78, 5) is 21.7. The maximum absolute atomic E-state index is 11.4. The van der Waals surface area contributed by atoms with Gasteiger partial charge < -0.3 is 16.2 Å². The lowest BCUT2D eigenvalue weighted by Gasteiger charge is -2.05. The van der Waals surface area contributed by atoms with Crippen LogP contribution in [0, 0.1) is 0 Å². The van der Waals surface area contributed by atoms with Crippen molar-refractivity contribution in [2.75, 3.05) is 24.6 Å². The van der Waals surface area contributed by atoms with Crippen LogP contribution in [0.5, 0.6) is 0 Å². The van der Waals surface area contributed by atoms with Crippen molar-refractivity contribution >= 4 is 45.9 Å². The molecule has 0 fully saturated rings. The quantitative estimate of drug-likeness (QED) is 0.302. The largest absolute Gasteiger partial charge is 0.481 e. The van der Waals surface area contributed by atoms with Crippen LogP contribution in [-0.2, 0) is 9.59 Å². The monoisotopic (exact) mass is 372 g/mol. The summed E-state index contributed by atoms with van der Waals surface area (Å²) < 4.78 is 0. The third-order valence-corrected chi connectivity index (χ3v) is 5.03. The molecule has 0 unspecified atom stereocenters. The normalized spacial score (nSPS) is 10.0. The van der Waals surface area contributed by atoms with E-state index in [1.807, 2.05) is 0 Å². The van der Waals surface area contributed by atoms with Crippen LogP contribution in [0.1, 0.15) is 51.4 Å². The predicted octanol–water partition coefficient (Wildman–Crippen LogP) is 3.07. The minimum absolute atomic E-state index is 0. The van der Waals surface area contributed by atoms with E-state index in [1.54, 1.807) is 0 Å². The lowest BCUT2D eigenvalue weighted by molar-refractivity contribution is -0.133. The average molecular weight is 373 g/mol. The second kappa shape index (κ2) is 18.9. The van der Waals surface area contributed by atoms with Crippen molar-refractivity contribution in [2.24, 2.45) is 5.73 Å². The molecule has 1 amide bonds. The van der Waals surface area contributed by atoms with Crippen LogP contribution < -0.4 is 11.1 Å². The summed E-state index contributed by atoms with van der Waals surface area (Å²) in [6.45, 7) is 1.52. The van der Waals surface area contributed by atoms with Gasteiger partial charge in [0.05, 0.1) is 5.75 Å². The van der Waals surface area contributed by atoms with Gasteiger partial charge in [-0.3, -0.25) is 9.59 Å². The second-order valence-electron chi connectivity index (χ2n) is 4.89. The molecule has 0 aliphatic heterocycles. The number of carbonyl (C=O) groups excluding carboxylic acids is 1. The molecule has 22 heavy (non-hydrogen) atoms. The summed E-state index contributed by atoms with van der Waals surface area (Å²) in [5.41, 5.74) is 5.44. The Bertz CT molecular complexity index is 285. The van der Waals surface area contributed by atoms with E-state index in [0.717, 1.165) is 32.4 Å². The van der Waals surface area contributed by atoms with Gasteiger partial charge in [-0.05, 0) is 19.4 Å². The Labute approximate surface area is 147 Å². The van der Waals surface area contributed by atoms with Crippen molar-refractivity contribution in [3.05, 3.63) is 0 Å². The maximum atomic E-state index is 11.4. The van der Waals surface area contributed by atoms with Gasteiger partial charge in [0.1, 0.15) is 5.75 Å². The number of amides is 1. The van der Waals surface area contributed by atoms with Gasteiger partial charge in [0.2, 0.25) is 5.91 Å². The zero-order valence-electron chi connectivity index (χ0n) is 13.1. The summed E-state index contributed by atoms with van der Waals surface area (Å²) in [5.74, 6) is -0.516. The van der Waals surface area contributed by atoms with Gasteiger partial charge in [0.25, 0.3) is 0 Å². The van der Waals surface area contributed by atoms with E-state index in [-0.39, 0.29) is 24.1 Å². The van der Waals surface area contributed by atoms with E-state index in [1.165, 1.54) is 53.7 Å². The fraction of sp³-hybridized carbons (Fsp3) is 0.857. The highest BCUT2D eigenvalue weighted by atomic mass is 35.5. The molecule has 0 bridgehead atoms. The molecule has 0 spiro atoms. The van der Waals surface area contributed by atoms with Crippen LogP contribution in [0.15, 0.2) is 0 Å². The van der Waals surface area contributed by atoms with Crippen LogP contribution in [0.2, 0.25) is 0 Å². The molecule has 5 nitrogen and oxygen atoms in total. The van der Waals surface area contributed by atoms with Gasteiger partial charge in [-0.1, -0.05) is 60.1 Å². The molecule has 0 heterocycles. The fourth-order valence-electron chi connectivity index (χ4n) is 1.80. The first-order valence-electron chi connectivity index (χ1n) is 7.59. The first-order valence-corrected chi connectivity index (χ1v) is 10.1. The van der Waals surface area contributed by atoms with Gasteiger partial charge in [-0.15, -0.1) is 12.4 Å². The van der Waals surface area contributed by atoms with E-state index in [0.29, 0.717) is 5.75 Å². The molecule has 0 aromatic carbocycles. The third kappa shape index (κ3) is 19.9. The Morgan fingerprint density at radius 3 is 1.91 bits per heavy atom. The zero-order chi connectivity index (χ0) is 15.8. The van der Waals surface area contributed by atoms with Crippen molar-refractivity contribution in [2.45, 2.75) is 51.4 Å². The van der Waals surface area contributed by atoms with Gasteiger partial charge in [0, 0.05) is 6.54 Å². The smallest absolute Gasteiger partial charge is 0.314 e. The Kier molecular flexibility index (Phi) is 20.8. The molecule has 0 atom stereocenters. The highest BCUT2D eigenvalue weighted by molar-refractivity contribution is 8.77. The fourth-order valence-corrected chi connectivity index (χ4v) is 3.40. The molecule has 4 N–H and O–H groups in total. The summed E-state index contributed by atoms with van der Waals surface area (Å²) in [6.07, 6.45) is 9.59. The summed E-state index contributed by atoms with van der Waals surface area (Å²) in [6, 6.07) is 0. The number of unbranched alkanes of at least 4 members (excludes halogenated alkanes) is 7. The van der Waals surface area contributed by atoms with Crippen molar-refractivity contribution in [3.63, 3.8) is 0 Å². The number of rotatable bonds is 15. The Balaban J connectivity index is 0. The van der Waals surface area contributed by atoms with Crippen molar-refractivity contribution in [3.8, 4) is 0 Å². The lowest BCUT2D eigenvalue weighted by Crippen LogP contribution is -2.25. The molecule has 0 saturated carbocycles. The molecule has 0 radical (unpaired) electrons. The zero-order valence-corrected chi connectivity index (χ0v) is 15.5. The molecule has 0 aliphatic rings. The van der Waals surface area contributed by atoms with E-state index in [9.17, 15) is 9.59 Å². The standard InChI is InChI=1S/C14H28N2O3S2.ClH/c15-9-7-5-3-1-2-4-6-8-10-16-13(17)11-20-21-12-14(18)19;/h1-12,15H2,(H,16,17)(H,18,19);1H. The van der Waals surface area contributed by atoms with Crippen molar-refractivity contribution in [1.29, 1.82) is 0 Å². The summed E-state index contributed by atoms with van der Waals surface area (Å²) >= 11 is 0. The SMILES string of the molecule is Cl.NCCCCCCCCCCNC(=O)CSSCC(=O)O. The average Bonchev–Trinajstić information content (AvgIpc) is 2.45. The van der Waals surface area contributed by atoms with E-state index >= 15 is 0 Å². The molecular weight excluding hydrogens is 344 g/mol. The van der Waals surface area contributed by atoms with Gasteiger partial charge in [-0.25, -0.2) is 0 Å². The van der Waals surface area contributed by atoms with Crippen LogP contribution >= 0.6 is 34.0 Å². The van der Waals surface area contributed by atoms with E-state index in [2.05, 4.69) is 5.32 Å². The number of hydrogen-bond donors (Lipinski definition) is 3. The molecule has 0 aromatic heterocycles. The highest BCUT2D eigenvalue weighted by Crippen LogP contribution is 2.19. The number of carbonyl (C=O) groups is 2. The molecule has 0 rings (SSSR count). The molecule has 132 valence electrons.